The highest BCUT2D eigenvalue weighted by molar-refractivity contribution is 6.31. The molecule has 8 nitrogen and oxygen atoms in total. The minimum atomic E-state index is -0.580. The molecule has 5 rings (SSSR count). The van der Waals surface area contributed by atoms with E-state index in [4.69, 9.17) is 41.0 Å². The van der Waals surface area contributed by atoms with E-state index in [2.05, 4.69) is 19.9 Å². The van der Waals surface area contributed by atoms with Gasteiger partial charge in [-0.25, -0.2) is 4.79 Å². The number of nitriles is 1. The number of benzene rings is 4. The number of nitrogens with two attached hydrogens (primary N) is 1. The van der Waals surface area contributed by atoms with Gasteiger partial charge in [-0.1, -0.05) is 67.9 Å². The van der Waals surface area contributed by atoms with Crippen molar-refractivity contribution in [3.63, 3.8) is 0 Å². The fourth-order valence-corrected chi connectivity index (χ4v) is 5.04. The van der Waals surface area contributed by atoms with Crippen LogP contribution in [-0.4, -0.2) is 19.7 Å². The maximum Gasteiger partial charge on any atom is 0.349 e. The first-order valence-corrected chi connectivity index (χ1v) is 14.3. The molecule has 1 unspecified atom stereocenters. The SMILES string of the molecule is COc1cc(C2C(C#N)=C(N)Oc3cc(OC(=O)COc4ccc(C(C)C)cc4)ccc32)ccc1OCc1ccccc1Cl. The second-order valence-corrected chi connectivity index (χ2v) is 10.8. The summed E-state index contributed by atoms with van der Waals surface area (Å²) in [6.07, 6.45) is 0. The first kappa shape index (κ1) is 30.3. The number of allylic oxidation sites excluding steroid dienone is 1. The number of hydrogen-bond acceptors (Lipinski definition) is 8. The second kappa shape index (κ2) is 13.4. The van der Waals surface area contributed by atoms with E-state index in [1.807, 2.05) is 48.5 Å². The van der Waals surface area contributed by atoms with E-state index < -0.39 is 11.9 Å². The van der Waals surface area contributed by atoms with Crippen LogP contribution in [0.4, 0.5) is 0 Å². The first-order chi connectivity index (χ1) is 21.3. The smallest absolute Gasteiger partial charge is 0.349 e. The highest BCUT2D eigenvalue weighted by atomic mass is 35.5. The minimum Gasteiger partial charge on any atom is -0.493 e. The lowest BCUT2D eigenvalue weighted by Crippen LogP contribution is -2.22. The van der Waals surface area contributed by atoms with Crippen molar-refractivity contribution in [3.05, 3.63) is 124 Å². The number of halogens is 1. The van der Waals surface area contributed by atoms with E-state index in [1.54, 1.807) is 43.5 Å². The molecule has 1 aliphatic heterocycles. The van der Waals surface area contributed by atoms with Crippen LogP contribution in [0.2, 0.25) is 5.02 Å². The van der Waals surface area contributed by atoms with Crippen LogP contribution in [0.1, 0.15) is 47.9 Å². The van der Waals surface area contributed by atoms with Crippen LogP contribution in [0.5, 0.6) is 28.7 Å². The molecule has 224 valence electrons. The molecule has 44 heavy (non-hydrogen) atoms. The zero-order valence-electron chi connectivity index (χ0n) is 24.5. The number of hydrogen-bond donors (Lipinski definition) is 1. The molecule has 0 spiro atoms. The van der Waals surface area contributed by atoms with Crippen LogP contribution < -0.4 is 29.4 Å². The maximum atomic E-state index is 12.5. The molecule has 1 atom stereocenters. The molecule has 1 heterocycles. The molecule has 2 N–H and O–H groups in total. The van der Waals surface area contributed by atoms with E-state index in [9.17, 15) is 10.1 Å². The van der Waals surface area contributed by atoms with Gasteiger partial charge in [-0.05, 0) is 53.4 Å². The number of rotatable bonds is 10. The van der Waals surface area contributed by atoms with Crippen molar-refractivity contribution >= 4 is 17.6 Å². The monoisotopic (exact) mass is 610 g/mol. The van der Waals surface area contributed by atoms with Gasteiger partial charge < -0.3 is 29.4 Å². The lowest BCUT2D eigenvalue weighted by Gasteiger charge is -2.27. The zero-order valence-corrected chi connectivity index (χ0v) is 25.3. The standard InChI is InChI=1S/C35H31ClN2O6/c1-21(2)22-8-11-25(12-9-22)41-20-33(39)43-26-13-14-27-31(17-26)44-35(38)28(18-37)34(27)23-10-15-30(32(16-23)40-3)42-19-24-6-4-5-7-29(24)36/h4-17,21,34H,19-20,38H2,1-3H3. The van der Waals surface area contributed by atoms with Gasteiger partial charge in [0.1, 0.15) is 35.5 Å². The third-order valence-corrected chi connectivity index (χ3v) is 7.56. The van der Waals surface area contributed by atoms with E-state index in [-0.39, 0.29) is 30.4 Å². The molecule has 0 saturated heterocycles. The second-order valence-electron chi connectivity index (χ2n) is 10.4. The molecule has 9 heteroatoms. The summed E-state index contributed by atoms with van der Waals surface area (Å²) in [6.45, 7) is 4.19. The molecule has 0 amide bonds. The van der Waals surface area contributed by atoms with Crippen LogP contribution in [0.3, 0.4) is 0 Å². The maximum absolute atomic E-state index is 12.5. The molecular formula is C35H31ClN2O6. The number of ether oxygens (including phenoxy) is 5. The lowest BCUT2D eigenvalue weighted by atomic mass is 9.83. The topological polar surface area (TPSA) is 113 Å². The number of carbonyl (C=O) groups excluding carboxylic acids is 1. The van der Waals surface area contributed by atoms with Crippen LogP contribution in [0.25, 0.3) is 0 Å². The Morgan fingerprint density at radius 3 is 2.43 bits per heavy atom. The molecule has 0 saturated carbocycles. The molecule has 0 fully saturated rings. The highest BCUT2D eigenvalue weighted by Gasteiger charge is 2.32. The fourth-order valence-electron chi connectivity index (χ4n) is 4.85. The Kier molecular flexibility index (Phi) is 9.27. The van der Waals surface area contributed by atoms with Crippen LogP contribution in [-0.2, 0) is 11.4 Å². The van der Waals surface area contributed by atoms with Crippen molar-refractivity contribution < 1.29 is 28.5 Å². The van der Waals surface area contributed by atoms with Gasteiger partial charge in [0.05, 0.1) is 13.0 Å². The Labute approximate surface area is 261 Å². The summed E-state index contributed by atoms with van der Waals surface area (Å²) < 4.78 is 28.5. The van der Waals surface area contributed by atoms with Crippen molar-refractivity contribution in [2.75, 3.05) is 13.7 Å². The summed E-state index contributed by atoms with van der Waals surface area (Å²) in [6, 6.07) is 27.5. The van der Waals surface area contributed by atoms with Crippen molar-refractivity contribution in [2.45, 2.75) is 32.3 Å². The quantitative estimate of drug-likeness (QED) is 0.147. The number of nitrogens with zero attached hydrogens (tertiary/aromatic N) is 1. The zero-order chi connectivity index (χ0) is 31.2. The largest absolute Gasteiger partial charge is 0.493 e. The van der Waals surface area contributed by atoms with Crippen molar-refractivity contribution in [1.82, 2.24) is 0 Å². The van der Waals surface area contributed by atoms with Crippen LogP contribution in [0, 0.1) is 11.3 Å². The van der Waals surface area contributed by atoms with E-state index >= 15 is 0 Å². The average Bonchev–Trinajstić information content (AvgIpc) is 3.02. The predicted octanol–water partition coefficient (Wildman–Crippen LogP) is 7.25. The molecule has 1 aliphatic rings. The Balaban J connectivity index is 1.33. The molecular weight excluding hydrogens is 580 g/mol. The third kappa shape index (κ3) is 6.74. The van der Waals surface area contributed by atoms with Crippen LogP contribution >= 0.6 is 11.6 Å². The fraction of sp³-hybridized carbons (Fsp3) is 0.200. The predicted molar refractivity (Wildman–Crippen MR) is 166 cm³/mol. The average molecular weight is 611 g/mol. The molecule has 4 aromatic rings. The van der Waals surface area contributed by atoms with Gasteiger partial charge >= 0.3 is 5.97 Å². The summed E-state index contributed by atoms with van der Waals surface area (Å²) in [5, 5.41) is 10.6. The summed E-state index contributed by atoms with van der Waals surface area (Å²) in [4.78, 5) is 12.5. The Hall–Kier alpha value is -5.13. The van der Waals surface area contributed by atoms with Gasteiger partial charge in [0.15, 0.2) is 18.1 Å². The number of methoxy groups -OCH3 is 1. The number of carbonyl (C=O) groups is 1. The van der Waals surface area contributed by atoms with Gasteiger partial charge in [-0.15, -0.1) is 0 Å². The van der Waals surface area contributed by atoms with Gasteiger partial charge in [0.25, 0.3) is 0 Å². The Bertz CT molecular complexity index is 1740. The molecule has 4 aromatic carbocycles. The number of fused-ring (bicyclic) bond motifs is 1. The van der Waals surface area contributed by atoms with Crippen LogP contribution in [0.15, 0.2) is 96.4 Å². The summed E-state index contributed by atoms with van der Waals surface area (Å²) in [5.74, 6) is 1.39. The third-order valence-electron chi connectivity index (χ3n) is 7.19. The Morgan fingerprint density at radius 2 is 1.73 bits per heavy atom. The number of esters is 1. The van der Waals surface area contributed by atoms with E-state index in [0.717, 1.165) is 11.1 Å². The minimum absolute atomic E-state index is 0.0420. The van der Waals surface area contributed by atoms with Gasteiger partial charge in [0.2, 0.25) is 5.88 Å². The van der Waals surface area contributed by atoms with Crippen molar-refractivity contribution in [1.29, 1.82) is 5.26 Å². The van der Waals surface area contributed by atoms with E-state index in [1.165, 1.54) is 5.56 Å². The highest BCUT2D eigenvalue weighted by Crippen LogP contribution is 2.45. The van der Waals surface area contributed by atoms with Crippen molar-refractivity contribution in [2.24, 2.45) is 5.73 Å². The lowest BCUT2D eigenvalue weighted by molar-refractivity contribution is -0.136. The first-order valence-electron chi connectivity index (χ1n) is 14.0. The molecule has 0 aromatic heterocycles. The Morgan fingerprint density at radius 1 is 0.977 bits per heavy atom. The molecule has 0 aliphatic carbocycles. The summed E-state index contributed by atoms with van der Waals surface area (Å²) >= 11 is 6.27. The van der Waals surface area contributed by atoms with Gasteiger partial charge in [-0.2, -0.15) is 5.26 Å². The molecule has 0 radical (unpaired) electrons. The summed E-state index contributed by atoms with van der Waals surface area (Å²) in [7, 11) is 1.54. The van der Waals surface area contributed by atoms with Gasteiger partial charge in [0, 0.05) is 22.2 Å². The normalized spacial score (nSPS) is 13.9. The van der Waals surface area contributed by atoms with Crippen molar-refractivity contribution in [3.8, 4) is 34.8 Å². The van der Waals surface area contributed by atoms with Gasteiger partial charge in [-0.3, -0.25) is 0 Å². The molecule has 0 bridgehead atoms. The summed E-state index contributed by atoms with van der Waals surface area (Å²) in [5.41, 5.74) is 9.85. The van der Waals surface area contributed by atoms with E-state index in [0.29, 0.717) is 39.5 Å².